The van der Waals surface area contributed by atoms with Crippen LogP contribution in [0.25, 0.3) is 0 Å². The molecule has 6 nitrogen and oxygen atoms in total. The summed E-state index contributed by atoms with van der Waals surface area (Å²) in [4.78, 5) is 30.4. The molecular formula is C24H30N2O4S. The van der Waals surface area contributed by atoms with Gasteiger partial charge in [0, 0.05) is 43.8 Å². The summed E-state index contributed by atoms with van der Waals surface area (Å²) in [5.74, 6) is 1.66. The van der Waals surface area contributed by atoms with E-state index >= 15 is 0 Å². The average Bonchev–Trinajstić information content (AvgIpc) is 3.56. The van der Waals surface area contributed by atoms with E-state index in [1.165, 1.54) is 10.4 Å². The lowest BCUT2D eigenvalue weighted by Gasteiger charge is -2.33. The zero-order chi connectivity index (χ0) is 22.0. The number of amides is 2. The lowest BCUT2D eigenvalue weighted by atomic mass is 10.1. The highest BCUT2D eigenvalue weighted by atomic mass is 32.1. The Morgan fingerprint density at radius 2 is 1.90 bits per heavy atom. The van der Waals surface area contributed by atoms with Crippen molar-refractivity contribution in [3.05, 3.63) is 45.6 Å². The standard InChI is InChI=1S/C24H30N2O4S/c1-16-10-13-31-22(16)15-25(2)24(28)20-14-19(29-3)6-7-21(20)30-18-8-11-26(12-9-18)23(27)17-4-5-17/h6-7,10,13-14,17-18H,4-5,8-9,11-12,15H2,1-3H3. The highest BCUT2D eigenvalue weighted by Crippen LogP contribution is 2.33. The van der Waals surface area contributed by atoms with Crippen LogP contribution in [0.1, 0.15) is 46.5 Å². The number of aryl methyl sites for hydroxylation is 1. The molecule has 0 atom stereocenters. The van der Waals surface area contributed by atoms with Gasteiger partial charge in [-0.25, -0.2) is 0 Å². The minimum atomic E-state index is -0.0944. The third-order valence-corrected chi connectivity index (χ3v) is 7.09. The monoisotopic (exact) mass is 442 g/mol. The van der Waals surface area contributed by atoms with Gasteiger partial charge in [-0.3, -0.25) is 9.59 Å². The Labute approximate surface area is 187 Å². The minimum Gasteiger partial charge on any atom is -0.497 e. The van der Waals surface area contributed by atoms with E-state index in [1.54, 1.807) is 29.4 Å². The zero-order valence-electron chi connectivity index (χ0n) is 18.4. The number of rotatable bonds is 7. The molecule has 0 spiro atoms. The molecule has 1 saturated carbocycles. The second-order valence-electron chi connectivity index (χ2n) is 8.47. The summed E-state index contributed by atoms with van der Waals surface area (Å²) in [6.45, 7) is 4.05. The Hall–Kier alpha value is -2.54. The van der Waals surface area contributed by atoms with Crippen LogP contribution >= 0.6 is 11.3 Å². The maximum Gasteiger partial charge on any atom is 0.257 e. The fourth-order valence-electron chi connectivity index (χ4n) is 3.93. The van der Waals surface area contributed by atoms with E-state index in [2.05, 4.69) is 13.0 Å². The molecule has 166 valence electrons. The SMILES string of the molecule is COc1ccc(OC2CCN(C(=O)C3CC3)CC2)c(C(=O)N(C)Cc2sccc2C)c1. The molecule has 1 aromatic carbocycles. The highest BCUT2D eigenvalue weighted by molar-refractivity contribution is 7.10. The Morgan fingerprint density at radius 1 is 1.16 bits per heavy atom. The number of likely N-dealkylation sites (tertiary alicyclic amines) is 1. The number of thiophene rings is 1. The number of nitrogens with zero attached hydrogens (tertiary/aromatic N) is 2. The van der Waals surface area contributed by atoms with Gasteiger partial charge in [-0.05, 0) is 55.0 Å². The molecule has 0 unspecified atom stereocenters. The first kappa shape index (κ1) is 21.7. The van der Waals surface area contributed by atoms with Crippen molar-refractivity contribution in [1.82, 2.24) is 9.80 Å². The van der Waals surface area contributed by atoms with Crippen LogP contribution in [0.2, 0.25) is 0 Å². The first-order chi connectivity index (χ1) is 15.0. The topological polar surface area (TPSA) is 59.1 Å². The molecule has 7 heteroatoms. The number of hydrogen-bond acceptors (Lipinski definition) is 5. The molecule has 0 radical (unpaired) electrons. The van der Waals surface area contributed by atoms with Crippen LogP contribution in [-0.2, 0) is 11.3 Å². The van der Waals surface area contributed by atoms with Gasteiger partial charge in [0.25, 0.3) is 5.91 Å². The fourth-order valence-corrected chi connectivity index (χ4v) is 4.89. The first-order valence-corrected chi connectivity index (χ1v) is 11.8. The van der Waals surface area contributed by atoms with Crippen LogP contribution in [0.4, 0.5) is 0 Å². The summed E-state index contributed by atoms with van der Waals surface area (Å²) in [7, 11) is 3.40. The van der Waals surface area contributed by atoms with E-state index < -0.39 is 0 Å². The van der Waals surface area contributed by atoms with Crippen molar-refractivity contribution < 1.29 is 19.1 Å². The Morgan fingerprint density at radius 3 is 2.52 bits per heavy atom. The number of carbonyl (C=O) groups excluding carboxylic acids is 2. The Bertz CT molecular complexity index is 945. The Balaban J connectivity index is 1.44. The molecule has 2 aliphatic rings. The van der Waals surface area contributed by atoms with Crippen molar-refractivity contribution in [2.45, 2.75) is 45.3 Å². The summed E-state index contributed by atoms with van der Waals surface area (Å²) in [6, 6.07) is 7.46. The molecule has 2 fully saturated rings. The average molecular weight is 443 g/mol. The largest absolute Gasteiger partial charge is 0.497 e. The van der Waals surface area contributed by atoms with Crippen molar-refractivity contribution in [1.29, 1.82) is 0 Å². The Kier molecular flexibility index (Phi) is 6.51. The molecular weight excluding hydrogens is 412 g/mol. The summed E-state index contributed by atoms with van der Waals surface area (Å²) in [6.07, 6.45) is 3.62. The van der Waals surface area contributed by atoms with Crippen molar-refractivity contribution in [3.63, 3.8) is 0 Å². The van der Waals surface area contributed by atoms with Gasteiger partial charge in [-0.15, -0.1) is 11.3 Å². The van der Waals surface area contributed by atoms with E-state index in [1.807, 2.05) is 29.5 Å². The summed E-state index contributed by atoms with van der Waals surface area (Å²) >= 11 is 1.66. The smallest absolute Gasteiger partial charge is 0.257 e. The predicted molar refractivity (Wildman–Crippen MR) is 121 cm³/mol. The summed E-state index contributed by atoms with van der Waals surface area (Å²) < 4.78 is 11.6. The van der Waals surface area contributed by atoms with Crippen LogP contribution in [0.15, 0.2) is 29.6 Å². The van der Waals surface area contributed by atoms with E-state index in [4.69, 9.17) is 9.47 Å². The molecule has 0 N–H and O–H groups in total. The highest BCUT2D eigenvalue weighted by Gasteiger charge is 2.35. The van der Waals surface area contributed by atoms with Crippen molar-refractivity contribution in [2.75, 3.05) is 27.2 Å². The first-order valence-electron chi connectivity index (χ1n) is 10.9. The number of hydrogen-bond donors (Lipinski definition) is 0. The maximum absolute atomic E-state index is 13.3. The van der Waals surface area contributed by atoms with Gasteiger partial charge < -0.3 is 19.3 Å². The number of carbonyl (C=O) groups is 2. The van der Waals surface area contributed by atoms with Gasteiger partial charge in [0.2, 0.25) is 5.91 Å². The van der Waals surface area contributed by atoms with Gasteiger partial charge >= 0.3 is 0 Å². The van der Waals surface area contributed by atoms with Crippen molar-refractivity contribution >= 4 is 23.2 Å². The van der Waals surface area contributed by atoms with E-state index in [0.717, 1.165) is 38.8 Å². The lowest BCUT2D eigenvalue weighted by Crippen LogP contribution is -2.42. The molecule has 1 aliphatic heterocycles. The fraction of sp³-hybridized carbons (Fsp3) is 0.500. The van der Waals surface area contributed by atoms with Crippen molar-refractivity contribution in [2.24, 2.45) is 5.92 Å². The molecule has 1 saturated heterocycles. The van der Waals surface area contributed by atoms with Gasteiger partial charge in [0.15, 0.2) is 0 Å². The molecule has 2 amide bonds. The number of ether oxygens (including phenoxy) is 2. The third-order valence-electron chi connectivity index (χ3n) is 6.09. The van der Waals surface area contributed by atoms with Crippen LogP contribution in [0.3, 0.4) is 0 Å². The number of methoxy groups -OCH3 is 1. The van der Waals surface area contributed by atoms with Gasteiger partial charge in [-0.1, -0.05) is 0 Å². The van der Waals surface area contributed by atoms with E-state index in [-0.39, 0.29) is 17.9 Å². The van der Waals surface area contributed by atoms with Gasteiger partial charge in [0.1, 0.15) is 17.6 Å². The van der Waals surface area contributed by atoms with Gasteiger partial charge in [-0.2, -0.15) is 0 Å². The molecule has 31 heavy (non-hydrogen) atoms. The summed E-state index contributed by atoms with van der Waals surface area (Å²) in [5, 5.41) is 2.05. The molecule has 2 aromatic rings. The normalized spacial score (nSPS) is 16.8. The maximum atomic E-state index is 13.3. The molecule has 4 rings (SSSR count). The second kappa shape index (κ2) is 9.30. The zero-order valence-corrected chi connectivity index (χ0v) is 19.2. The van der Waals surface area contributed by atoms with Crippen LogP contribution in [0.5, 0.6) is 11.5 Å². The van der Waals surface area contributed by atoms with E-state index in [9.17, 15) is 9.59 Å². The molecule has 0 bridgehead atoms. The minimum absolute atomic E-state index is 0.00644. The lowest BCUT2D eigenvalue weighted by molar-refractivity contribution is -0.134. The number of piperidine rings is 1. The van der Waals surface area contributed by atoms with Crippen LogP contribution in [0, 0.1) is 12.8 Å². The predicted octanol–water partition coefficient (Wildman–Crippen LogP) is 4.12. The quantitative estimate of drug-likeness (QED) is 0.647. The van der Waals surface area contributed by atoms with Crippen LogP contribution in [-0.4, -0.2) is 55.0 Å². The molecule has 2 heterocycles. The van der Waals surface area contributed by atoms with Crippen LogP contribution < -0.4 is 9.47 Å². The van der Waals surface area contributed by atoms with Crippen molar-refractivity contribution in [3.8, 4) is 11.5 Å². The number of benzene rings is 1. The third kappa shape index (κ3) is 5.03. The van der Waals surface area contributed by atoms with Gasteiger partial charge in [0.05, 0.1) is 19.2 Å². The summed E-state index contributed by atoms with van der Waals surface area (Å²) in [5.41, 5.74) is 1.70. The molecule has 1 aromatic heterocycles. The second-order valence-corrected chi connectivity index (χ2v) is 9.47. The molecule has 1 aliphatic carbocycles. The van der Waals surface area contributed by atoms with E-state index in [0.29, 0.717) is 29.5 Å².